The van der Waals surface area contributed by atoms with Gasteiger partial charge in [-0.2, -0.15) is 10.5 Å². The van der Waals surface area contributed by atoms with Crippen LogP contribution in [-0.2, 0) is 5.41 Å². The molecule has 0 radical (unpaired) electrons. The molecule has 6 nitrogen and oxygen atoms in total. The van der Waals surface area contributed by atoms with Gasteiger partial charge >= 0.3 is 0 Å². The molecule has 1 aliphatic heterocycles. The van der Waals surface area contributed by atoms with Gasteiger partial charge in [0.1, 0.15) is 0 Å². The highest BCUT2D eigenvalue weighted by Gasteiger charge is 2.36. The van der Waals surface area contributed by atoms with Crippen LogP contribution in [0.2, 0.25) is 0 Å². The normalized spacial score (nSPS) is 13.0. The van der Waals surface area contributed by atoms with Gasteiger partial charge in [0.05, 0.1) is 46.7 Å². The van der Waals surface area contributed by atoms with Gasteiger partial charge in [-0.1, -0.05) is 68.4 Å². The van der Waals surface area contributed by atoms with E-state index in [-0.39, 0.29) is 22.2 Å². The van der Waals surface area contributed by atoms with Gasteiger partial charge in [0.15, 0.2) is 5.69 Å². The van der Waals surface area contributed by atoms with Gasteiger partial charge < -0.3 is 9.47 Å². The molecule has 0 saturated heterocycles. The fourth-order valence-electron chi connectivity index (χ4n) is 7.21. The first-order chi connectivity index (χ1) is 22.9. The number of hydrogen-bond acceptors (Lipinski definition) is 4. The third-order valence-corrected chi connectivity index (χ3v) is 9.31. The molecule has 8 rings (SSSR count). The summed E-state index contributed by atoms with van der Waals surface area (Å²) in [6, 6.07) is 41.0. The second-order valence-electron chi connectivity index (χ2n) is 12.2. The highest BCUT2D eigenvalue weighted by Crippen LogP contribution is 2.52. The largest absolute Gasteiger partial charge is 0.310 e. The monoisotopic (exact) mass is 602 g/mol. The summed E-state index contributed by atoms with van der Waals surface area (Å²) in [7, 11) is 0. The first-order valence-corrected chi connectivity index (χ1v) is 15.3. The van der Waals surface area contributed by atoms with Crippen LogP contribution in [0.5, 0.6) is 0 Å². The Morgan fingerprint density at radius 3 is 2.09 bits per heavy atom. The Labute approximate surface area is 272 Å². The van der Waals surface area contributed by atoms with Crippen molar-refractivity contribution in [1.82, 2.24) is 9.55 Å². The second-order valence-corrected chi connectivity index (χ2v) is 12.2. The number of para-hydroxylation sites is 3. The fraction of sp³-hybridized carbons (Fsp3) is 0.0732. The smallest absolute Gasteiger partial charge is 0.197 e. The van der Waals surface area contributed by atoms with E-state index >= 15 is 0 Å². The van der Waals surface area contributed by atoms with E-state index in [0.717, 1.165) is 44.6 Å². The van der Waals surface area contributed by atoms with E-state index in [0.29, 0.717) is 11.1 Å². The van der Waals surface area contributed by atoms with Crippen LogP contribution in [0.3, 0.4) is 0 Å². The molecule has 7 aromatic rings. The lowest BCUT2D eigenvalue weighted by molar-refractivity contribution is 0.632. The van der Waals surface area contributed by atoms with Crippen molar-refractivity contribution in [2.75, 3.05) is 4.90 Å². The molecule has 220 valence electrons. The van der Waals surface area contributed by atoms with E-state index in [9.17, 15) is 10.5 Å². The van der Waals surface area contributed by atoms with Gasteiger partial charge in [-0.15, -0.1) is 0 Å². The third kappa shape index (κ3) is 4.12. The highest BCUT2D eigenvalue weighted by atomic mass is 15.2. The molecule has 0 unspecified atom stereocenters. The van der Waals surface area contributed by atoms with Crippen LogP contribution in [0.15, 0.2) is 122 Å². The van der Waals surface area contributed by atoms with Crippen molar-refractivity contribution in [1.29, 1.82) is 10.5 Å². The summed E-state index contributed by atoms with van der Waals surface area (Å²) in [4.78, 5) is 10.5. The van der Waals surface area contributed by atoms with E-state index in [1.54, 1.807) is 18.3 Å². The molecule has 0 bridgehead atoms. The van der Waals surface area contributed by atoms with E-state index < -0.39 is 0 Å². The maximum absolute atomic E-state index is 10.3. The third-order valence-electron chi connectivity index (χ3n) is 9.31. The molecule has 0 aliphatic carbocycles. The van der Waals surface area contributed by atoms with Crippen molar-refractivity contribution < 1.29 is 0 Å². The molecular formula is C41H26N6. The van der Waals surface area contributed by atoms with Crippen LogP contribution >= 0.6 is 0 Å². The van der Waals surface area contributed by atoms with Crippen LogP contribution in [-0.4, -0.2) is 9.55 Å². The Kier molecular flexibility index (Phi) is 6.19. The van der Waals surface area contributed by atoms with Crippen LogP contribution in [0.4, 0.5) is 22.7 Å². The summed E-state index contributed by atoms with van der Waals surface area (Å²) in [5.41, 5.74) is 10.1. The molecule has 1 aliphatic rings. The minimum atomic E-state index is -0.234. The number of nitriles is 2. The number of anilines is 3. The molecule has 0 saturated carbocycles. The van der Waals surface area contributed by atoms with Crippen molar-refractivity contribution in [3.05, 3.63) is 155 Å². The first-order valence-electron chi connectivity index (χ1n) is 15.3. The quantitative estimate of drug-likeness (QED) is 0.189. The maximum Gasteiger partial charge on any atom is 0.197 e. The minimum Gasteiger partial charge on any atom is -0.310 e. The van der Waals surface area contributed by atoms with Crippen molar-refractivity contribution >= 4 is 44.6 Å². The van der Waals surface area contributed by atoms with Gasteiger partial charge in [0.2, 0.25) is 0 Å². The lowest BCUT2D eigenvalue weighted by Crippen LogP contribution is -2.30. The van der Waals surface area contributed by atoms with E-state index in [2.05, 4.69) is 118 Å². The zero-order valence-corrected chi connectivity index (χ0v) is 25.7. The Morgan fingerprint density at radius 1 is 0.723 bits per heavy atom. The fourth-order valence-corrected chi connectivity index (χ4v) is 7.21. The molecule has 6 heteroatoms. The lowest BCUT2D eigenvalue weighted by Gasteiger charge is -2.42. The maximum atomic E-state index is 10.3. The highest BCUT2D eigenvalue weighted by molar-refractivity contribution is 6.09. The number of fused-ring (bicyclic) bond motifs is 5. The summed E-state index contributed by atoms with van der Waals surface area (Å²) in [6.07, 6.45) is 3.69. The Morgan fingerprint density at radius 2 is 1.38 bits per heavy atom. The molecule has 0 atom stereocenters. The van der Waals surface area contributed by atoms with Crippen molar-refractivity contribution in [2.24, 2.45) is 0 Å². The van der Waals surface area contributed by atoms with Crippen LogP contribution in [0.25, 0.3) is 43.5 Å². The Balaban J connectivity index is 1.51. The molecule has 2 aromatic heterocycles. The number of hydrogen-bond donors (Lipinski definition) is 0. The summed E-state index contributed by atoms with van der Waals surface area (Å²) >= 11 is 0. The molecule has 5 aromatic carbocycles. The summed E-state index contributed by atoms with van der Waals surface area (Å²) in [6.45, 7) is 12.6. The molecular weight excluding hydrogens is 576 g/mol. The lowest BCUT2D eigenvalue weighted by atomic mass is 9.73. The second kappa shape index (κ2) is 10.5. The van der Waals surface area contributed by atoms with Gasteiger partial charge in [0, 0.05) is 51.1 Å². The zero-order valence-electron chi connectivity index (χ0n) is 25.7. The molecule has 0 spiro atoms. The molecule has 0 amide bonds. The van der Waals surface area contributed by atoms with Gasteiger partial charge in [-0.3, -0.25) is 4.98 Å². The number of pyridine rings is 1. The SMILES string of the molecule is [C-]#[N+]c1cc(C#N)cc(C#N)c1-c1cc(N2c3ccccc3C(C)(C)c3ccccc32)cc(-n2c3ccccc3c3cnccc32)c1. The van der Waals surface area contributed by atoms with E-state index in [1.165, 1.54) is 11.1 Å². The molecule has 47 heavy (non-hydrogen) atoms. The van der Waals surface area contributed by atoms with Crippen molar-refractivity contribution in [3.8, 4) is 29.0 Å². The topological polar surface area (TPSA) is 73.0 Å². The Bertz CT molecular complexity index is 2410. The van der Waals surface area contributed by atoms with Crippen molar-refractivity contribution in [3.63, 3.8) is 0 Å². The predicted octanol–water partition coefficient (Wildman–Crippen LogP) is 10.2. The van der Waals surface area contributed by atoms with Crippen molar-refractivity contribution in [2.45, 2.75) is 19.3 Å². The minimum absolute atomic E-state index is 0.234. The predicted molar refractivity (Wildman–Crippen MR) is 187 cm³/mol. The number of aromatic nitrogens is 2. The molecule has 3 heterocycles. The summed E-state index contributed by atoms with van der Waals surface area (Å²) in [5.74, 6) is 0. The average molecular weight is 603 g/mol. The van der Waals surface area contributed by atoms with Gasteiger partial charge in [-0.25, -0.2) is 4.85 Å². The van der Waals surface area contributed by atoms with Gasteiger partial charge in [0.25, 0.3) is 0 Å². The standard InChI is InChI=1S/C41H26N6/c1-41(2)33-11-5-8-14-38(33)47(39-15-9-6-12-34(39)41)30-21-27(40-28(24-43)18-26(23-42)19-35(40)44-3)20-29(22-30)46-36-13-7-4-10-31(36)32-25-45-17-16-37(32)46/h4-22,25H,1-2H3. The zero-order chi connectivity index (χ0) is 32.3. The summed E-state index contributed by atoms with van der Waals surface area (Å²) < 4.78 is 2.22. The van der Waals surface area contributed by atoms with E-state index in [1.807, 2.05) is 30.5 Å². The first kappa shape index (κ1) is 27.8. The Hall–Kier alpha value is -6.68. The number of nitrogens with zero attached hydrogens (tertiary/aromatic N) is 6. The molecule has 0 N–H and O–H groups in total. The number of benzene rings is 5. The van der Waals surface area contributed by atoms with Crippen LogP contribution in [0.1, 0.15) is 36.1 Å². The van der Waals surface area contributed by atoms with Gasteiger partial charge in [-0.05, 0) is 71.3 Å². The number of rotatable bonds is 3. The van der Waals surface area contributed by atoms with E-state index in [4.69, 9.17) is 6.57 Å². The summed E-state index contributed by atoms with van der Waals surface area (Å²) in [5, 5.41) is 22.1. The van der Waals surface area contributed by atoms with Crippen LogP contribution in [0, 0.1) is 29.2 Å². The van der Waals surface area contributed by atoms with Crippen LogP contribution < -0.4 is 4.90 Å². The molecule has 0 fully saturated rings. The average Bonchev–Trinajstić information content (AvgIpc) is 3.45.